The van der Waals surface area contributed by atoms with Gasteiger partial charge in [-0.3, -0.25) is 4.90 Å². The van der Waals surface area contributed by atoms with E-state index in [1.165, 1.54) is 25.4 Å². The monoisotopic (exact) mass is 480 g/mol. The fourth-order valence-corrected chi connectivity index (χ4v) is 3.79. The number of benzene rings is 2. The summed E-state index contributed by atoms with van der Waals surface area (Å²) in [5.41, 5.74) is -3.67. The van der Waals surface area contributed by atoms with E-state index >= 15 is 0 Å². The third-order valence-corrected chi connectivity index (χ3v) is 5.60. The first-order valence-corrected chi connectivity index (χ1v) is 9.84. The molecule has 4 nitrogen and oxygen atoms in total. The molecule has 172 valence electrons. The lowest BCUT2D eigenvalue weighted by Gasteiger charge is -2.22. The van der Waals surface area contributed by atoms with E-state index in [9.17, 15) is 35.5 Å². The maximum absolute atomic E-state index is 13.7. The van der Waals surface area contributed by atoms with Crippen molar-refractivity contribution in [3.63, 3.8) is 0 Å². The Morgan fingerprint density at radius 3 is 2.19 bits per heavy atom. The SMILES string of the molecule is CN1C=C(c2cc(C(F)(F)F)cc(C(F)(F)F)c2OC(=O)N(C)c2ccc(F)cc2)SC1. The third kappa shape index (κ3) is 5.12. The van der Waals surface area contributed by atoms with Crippen molar-refractivity contribution in [2.45, 2.75) is 12.4 Å². The molecular weight excluding hydrogens is 465 g/mol. The first-order valence-electron chi connectivity index (χ1n) is 8.86. The first-order chi connectivity index (χ1) is 14.8. The van der Waals surface area contributed by atoms with Crippen LogP contribution < -0.4 is 9.64 Å². The summed E-state index contributed by atoms with van der Waals surface area (Å²) in [4.78, 5) is 15.0. The third-order valence-electron chi connectivity index (χ3n) is 4.43. The average Bonchev–Trinajstić information content (AvgIpc) is 3.12. The Labute approximate surface area is 182 Å². The maximum atomic E-state index is 13.7. The lowest BCUT2D eigenvalue weighted by molar-refractivity contribution is -0.143. The van der Waals surface area contributed by atoms with Crippen molar-refractivity contribution >= 4 is 28.4 Å². The number of hydrogen-bond acceptors (Lipinski definition) is 4. The number of amides is 1. The van der Waals surface area contributed by atoms with E-state index in [4.69, 9.17) is 4.74 Å². The van der Waals surface area contributed by atoms with Gasteiger partial charge in [0.25, 0.3) is 0 Å². The molecule has 0 unspecified atom stereocenters. The summed E-state index contributed by atoms with van der Waals surface area (Å²) >= 11 is 0.996. The van der Waals surface area contributed by atoms with Crippen molar-refractivity contribution in [1.29, 1.82) is 0 Å². The Kier molecular flexibility index (Phi) is 6.36. The van der Waals surface area contributed by atoms with Crippen molar-refractivity contribution in [2.75, 3.05) is 24.9 Å². The number of halogens is 7. The van der Waals surface area contributed by atoms with Crippen LogP contribution in [-0.4, -0.2) is 31.0 Å². The van der Waals surface area contributed by atoms with E-state index in [0.29, 0.717) is 6.07 Å². The van der Waals surface area contributed by atoms with Gasteiger partial charge in [-0.15, -0.1) is 11.8 Å². The fourth-order valence-electron chi connectivity index (χ4n) is 2.82. The molecule has 32 heavy (non-hydrogen) atoms. The van der Waals surface area contributed by atoms with Gasteiger partial charge in [0, 0.05) is 36.5 Å². The molecule has 0 aromatic heterocycles. The molecule has 0 fully saturated rings. The van der Waals surface area contributed by atoms with E-state index in [1.807, 2.05) is 0 Å². The van der Waals surface area contributed by atoms with E-state index in [2.05, 4.69) is 0 Å². The van der Waals surface area contributed by atoms with Crippen molar-refractivity contribution in [2.24, 2.45) is 0 Å². The fraction of sp³-hybridized carbons (Fsp3) is 0.250. The molecule has 0 N–H and O–H groups in total. The van der Waals surface area contributed by atoms with Gasteiger partial charge in [0.05, 0.1) is 17.0 Å². The zero-order valence-corrected chi connectivity index (χ0v) is 17.3. The van der Waals surface area contributed by atoms with Gasteiger partial charge in [0.2, 0.25) is 0 Å². The first kappa shape index (κ1) is 23.8. The minimum absolute atomic E-state index is 0.0799. The van der Waals surface area contributed by atoms with Crippen LogP contribution in [0.2, 0.25) is 0 Å². The van der Waals surface area contributed by atoms with Crippen LogP contribution in [0.4, 0.5) is 41.2 Å². The normalized spacial score (nSPS) is 14.4. The molecule has 1 amide bonds. The van der Waals surface area contributed by atoms with Gasteiger partial charge in [0.1, 0.15) is 5.82 Å². The van der Waals surface area contributed by atoms with E-state index in [0.717, 1.165) is 28.8 Å². The number of thioether (sulfide) groups is 1. The molecule has 0 aliphatic carbocycles. The highest BCUT2D eigenvalue weighted by Gasteiger charge is 2.42. The lowest BCUT2D eigenvalue weighted by Crippen LogP contribution is -2.30. The highest BCUT2D eigenvalue weighted by Crippen LogP contribution is 2.47. The van der Waals surface area contributed by atoms with Crippen LogP contribution in [0.25, 0.3) is 4.91 Å². The maximum Gasteiger partial charge on any atom is 0.420 e. The van der Waals surface area contributed by atoms with Crippen LogP contribution in [0.1, 0.15) is 16.7 Å². The topological polar surface area (TPSA) is 32.8 Å². The Morgan fingerprint density at radius 2 is 1.69 bits per heavy atom. The number of alkyl halides is 6. The Hall–Kier alpha value is -2.89. The van der Waals surface area contributed by atoms with Crippen molar-refractivity contribution in [3.05, 3.63) is 65.1 Å². The summed E-state index contributed by atoms with van der Waals surface area (Å²) in [6.45, 7) is 0. The van der Waals surface area contributed by atoms with Gasteiger partial charge in [-0.05, 0) is 36.4 Å². The minimum Gasteiger partial charge on any atom is -0.409 e. The summed E-state index contributed by atoms with van der Waals surface area (Å²) in [6.07, 6.45) is -10.2. The molecule has 1 aliphatic heterocycles. The predicted molar refractivity (Wildman–Crippen MR) is 105 cm³/mol. The zero-order chi connectivity index (χ0) is 23.8. The molecule has 0 saturated heterocycles. The summed E-state index contributed by atoms with van der Waals surface area (Å²) in [7, 11) is 2.76. The number of nitrogens with zero attached hydrogens (tertiary/aromatic N) is 2. The van der Waals surface area contributed by atoms with Gasteiger partial charge in [-0.2, -0.15) is 26.3 Å². The molecule has 0 spiro atoms. The summed E-state index contributed by atoms with van der Waals surface area (Å²) in [5, 5.41) is 0. The van der Waals surface area contributed by atoms with Crippen molar-refractivity contribution in [3.8, 4) is 5.75 Å². The number of carbonyl (C=O) groups excluding carboxylic acids is 1. The summed E-state index contributed by atoms with van der Waals surface area (Å²) < 4.78 is 99.3. The largest absolute Gasteiger partial charge is 0.420 e. The predicted octanol–water partition coefficient (Wildman–Crippen LogP) is 6.43. The van der Waals surface area contributed by atoms with Gasteiger partial charge in [0.15, 0.2) is 5.75 Å². The van der Waals surface area contributed by atoms with Crippen LogP contribution in [0, 0.1) is 5.82 Å². The standard InChI is InChI=1S/C20H15F7N2O2S/c1-28-9-16(32-10-28)14-7-11(19(22,23)24)8-15(20(25,26)27)17(14)31-18(30)29(2)13-5-3-12(21)4-6-13/h3-9H,10H2,1-2H3. The molecule has 0 radical (unpaired) electrons. The van der Waals surface area contributed by atoms with Gasteiger partial charge in [-0.25, -0.2) is 9.18 Å². The van der Waals surface area contributed by atoms with Crippen molar-refractivity contribution < 1.29 is 40.3 Å². The highest BCUT2D eigenvalue weighted by molar-refractivity contribution is 8.08. The van der Waals surface area contributed by atoms with Gasteiger partial charge in [-0.1, -0.05) is 0 Å². The number of rotatable bonds is 3. The summed E-state index contributed by atoms with van der Waals surface area (Å²) in [5.74, 6) is -1.36. The smallest absolute Gasteiger partial charge is 0.409 e. The minimum atomic E-state index is -5.24. The number of carbonyl (C=O) groups is 1. The van der Waals surface area contributed by atoms with Gasteiger partial charge >= 0.3 is 18.4 Å². The lowest BCUT2D eigenvalue weighted by atomic mass is 10.0. The van der Waals surface area contributed by atoms with Crippen LogP contribution in [0.3, 0.4) is 0 Å². The molecule has 0 bridgehead atoms. The molecule has 0 atom stereocenters. The van der Waals surface area contributed by atoms with Crippen LogP contribution in [-0.2, 0) is 12.4 Å². The number of ether oxygens (including phenoxy) is 1. The van der Waals surface area contributed by atoms with Crippen LogP contribution in [0.15, 0.2) is 42.6 Å². The highest BCUT2D eigenvalue weighted by atomic mass is 32.2. The van der Waals surface area contributed by atoms with E-state index in [-0.39, 0.29) is 22.5 Å². The quantitative estimate of drug-likeness (QED) is 0.474. The molecule has 3 rings (SSSR count). The second-order valence-corrected chi connectivity index (χ2v) is 7.81. The van der Waals surface area contributed by atoms with Crippen LogP contribution >= 0.6 is 11.8 Å². The molecule has 12 heteroatoms. The van der Waals surface area contributed by atoms with E-state index < -0.39 is 46.7 Å². The molecular formula is C20H15F7N2O2S. The second kappa shape index (κ2) is 8.57. The zero-order valence-electron chi connectivity index (χ0n) is 16.5. The number of hydrogen-bond donors (Lipinski definition) is 0. The van der Waals surface area contributed by atoms with Gasteiger partial charge < -0.3 is 9.64 Å². The second-order valence-electron chi connectivity index (χ2n) is 6.82. The summed E-state index contributed by atoms with van der Waals surface area (Å²) in [6, 6.07) is 4.87. The molecule has 1 heterocycles. The average molecular weight is 480 g/mol. The molecule has 0 saturated carbocycles. The number of anilines is 1. The van der Waals surface area contributed by atoms with Crippen molar-refractivity contribution in [1.82, 2.24) is 4.90 Å². The Balaban J connectivity index is 2.12. The molecule has 2 aromatic carbocycles. The Morgan fingerprint density at radius 1 is 1.06 bits per heavy atom. The molecule has 1 aliphatic rings. The molecule has 2 aromatic rings. The van der Waals surface area contributed by atoms with Crippen LogP contribution in [0.5, 0.6) is 5.75 Å². The van der Waals surface area contributed by atoms with E-state index in [1.54, 1.807) is 11.9 Å². The Bertz CT molecular complexity index is 1050.